The molecule has 21 heavy (non-hydrogen) atoms. The molecule has 3 N–H and O–H groups in total. The van der Waals surface area contributed by atoms with Gasteiger partial charge in [0.25, 0.3) is 0 Å². The predicted molar refractivity (Wildman–Crippen MR) is 92.9 cm³/mol. The maximum Gasteiger partial charge on any atom is 0.0453 e. The number of halogens is 2. The molecule has 1 aromatic carbocycles. The van der Waals surface area contributed by atoms with Gasteiger partial charge in [0.15, 0.2) is 0 Å². The van der Waals surface area contributed by atoms with Crippen LogP contribution in [-0.4, -0.2) is 29.6 Å². The van der Waals surface area contributed by atoms with Crippen molar-refractivity contribution in [1.82, 2.24) is 10.3 Å². The van der Waals surface area contributed by atoms with Crippen LogP contribution in [0.15, 0.2) is 18.2 Å². The minimum Gasteiger partial charge on any atom is -0.297 e. The minimum atomic E-state index is -0.0266. The number of hydrazine groups is 1. The van der Waals surface area contributed by atoms with Crippen LogP contribution in [0.25, 0.3) is 0 Å². The molecular formula is C16H27Cl2N3. The number of benzene rings is 1. The van der Waals surface area contributed by atoms with E-state index in [4.69, 9.17) is 29.0 Å². The van der Waals surface area contributed by atoms with Gasteiger partial charge in [0.05, 0.1) is 0 Å². The van der Waals surface area contributed by atoms with Crippen LogP contribution >= 0.6 is 23.2 Å². The van der Waals surface area contributed by atoms with E-state index in [9.17, 15) is 0 Å². The second kappa shape index (κ2) is 8.35. The van der Waals surface area contributed by atoms with Gasteiger partial charge in [-0.1, -0.05) is 50.0 Å². The Labute approximate surface area is 138 Å². The van der Waals surface area contributed by atoms with Gasteiger partial charge in [0, 0.05) is 21.6 Å². The van der Waals surface area contributed by atoms with E-state index >= 15 is 0 Å². The number of nitrogens with one attached hydrogen (secondary N) is 1. The van der Waals surface area contributed by atoms with E-state index in [2.05, 4.69) is 38.0 Å². The van der Waals surface area contributed by atoms with Crippen molar-refractivity contribution in [1.29, 1.82) is 0 Å². The largest absolute Gasteiger partial charge is 0.297 e. The van der Waals surface area contributed by atoms with Crippen molar-refractivity contribution < 1.29 is 0 Å². The second-order valence-electron chi connectivity index (χ2n) is 5.54. The molecular weight excluding hydrogens is 305 g/mol. The maximum atomic E-state index is 6.30. The Balaban J connectivity index is 3.04. The number of nitrogens with two attached hydrogens (primary N) is 1. The van der Waals surface area contributed by atoms with E-state index < -0.39 is 0 Å². The van der Waals surface area contributed by atoms with E-state index in [-0.39, 0.29) is 11.6 Å². The third-order valence-corrected chi connectivity index (χ3v) is 5.18. The Morgan fingerprint density at radius 1 is 1.24 bits per heavy atom. The Hall–Kier alpha value is -0.320. The van der Waals surface area contributed by atoms with Crippen molar-refractivity contribution in [3.63, 3.8) is 0 Å². The van der Waals surface area contributed by atoms with Crippen molar-refractivity contribution >= 4 is 23.2 Å². The summed E-state index contributed by atoms with van der Waals surface area (Å²) in [5.41, 5.74) is 4.04. The summed E-state index contributed by atoms with van der Waals surface area (Å²) in [5, 5.41) is 1.35. The molecule has 0 saturated carbocycles. The van der Waals surface area contributed by atoms with Crippen LogP contribution in [-0.2, 0) is 6.42 Å². The molecule has 0 aliphatic heterocycles. The van der Waals surface area contributed by atoms with Crippen molar-refractivity contribution in [2.75, 3.05) is 13.1 Å². The number of nitrogens with zero attached hydrogens (tertiary/aromatic N) is 1. The monoisotopic (exact) mass is 331 g/mol. The van der Waals surface area contributed by atoms with Crippen LogP contribution in [0.4, 0.5) is 0 Å². The number of hydrogen-bond donors (Lipinski definition) is 2. The Morgan fingerprint density at radius 2 is 1.86 bits per heavy atom. The molecule has 0 fully saturated rings. The van der Waals surface area contributed by atoms with Crippen molar-refractivity contribution in [3.8, 4) is 0 Å². The van der Waals surface area contributed by atoms with E-state index in [1.54, 1.807) is 6.07 Å². The summed E-state index contributed by atoms with van der Waals surface area (Å²) in [7, 11) is 0. The lowest BCUT2D eigenvalue weighted by atomic mass is 9.83. The molecule has 0 aliphatic rings. The molecule has 120 valence electrons. The third kappa shape index (κ3) is 4.33. The normalized spacial score (nSPS) is 16.0. The Kier molecular flexibility index (Phi) is 7.45. The van der Waals surface area contributed by atoms with Gasteiger partial charge in [0.2, 0.25) is 0 Å². The zero-order chi connectivity index (χ0) is 16.0. The summed E-state index contributed by atoms with van der Waals surface area (Å²) in [4.78, 5) is 2.45. The highest BCUT2D eigenvalue weighted by Crippen LogP contribution is 2.29. The number of likely N-dealkylation sites (N-methyl/N-ethyl adjacent to an activating group) is 1. The van der Waals surface area contributed by atoms with Gasteiger partial charge in [-0.25, -0.2) is 0 Å². The molecule has 0 bridgehead atoms. The zero-order valence-electron chi connectivity index (χ0n) is 13.4. The van der Waals surface area contributed by atoms with Gasteiger partial charge in [0.1, 0.15) is 0 Å². The summed E-state index contributed by atoms with van der Waals surface area (Å²) >= 11 is 12.3. The topological polar surface area (TPSA) is 41.3 Å². The molecule has 0 amide bonds. The molecule has 0 saturated heterocycles. The highest BCUT2D eigenvalue weighted by atomic mass is 35.5. The fraction of sp³-hybridized carbons (Fsp3) is 0.625. The lowest BCUT2D eigenvalue weighted by Gasteiger charge is -2.45. The van der Waals surface area contributed by atoms with E-state index in [1.807, 2.05) is 12.1 Å². The first-order valence-corrected chi connectivity index (χ1v) is 8.33. The highest BCUT2D eigenvalue weighted by Gasteiger charge is 2.36. The van der Waals surface area contributed by atoms with Gasteiger partial charge in [-0.15, -0.1) is 0 Å². The summed E-state index contributed by atoms with van der Waals surface area (Å²) in [6.07, 6.45) is 1.78. The lowest BCUT2D eigenvalue weighted by Crippen LogP contribution is -2.61. The van der Waals surface area contributed by atoms with E-state index in [0.717, 1.165) is 31.5 Å². The molecule has 0 spiro atoms. The van der Waals surface area contributed by atoms with Gasteiger partial charge < -0.3 is 0 Å². The molecule has 3 nitrogen and oxygen atoms in total. The average Bonchev–Trinajstić information content (AvgIpc) is 2.47. The number of rotatable bonds is 8. The van der Waals surface area contributed by atoms with Crippen LogP contribution < -0.4 is 11.3 Å². The summed E-state index contributed by atoms with van der Waals surface area (Å²) in [6, 6.07) is 5.75. The summed E-state index contributed by atoms with van der Waals surface area (Å²) in [5.74, 6) is 5.86. The molecule has 5 heteroatoms. The van der Waals surface area contributed by atoms with Gasteiger partial charge in [-0.3, -0.25) is 16.2 Å². The van der Waals surface area contributed by atoms with Crippen LogP contribution in [0.5, 0.6) is 0 Å². The van der Waals surface area contributed by atoms with Crippen molar-refractivity contribution in [3.05, 3.63) is 33.8 Å². The fourth-order valence-corrected chi connectivity index (χ4v) is 3.49. The zero-order valence-corrected chi connectivity index (χ0v) is 14.9. The average molecular weight is 332 g/mol. The van der Waals surface area contributed by atoms with Crippen LogP contribution in [0.3, 0.4) is 0 Å². The fourth-order valence-electron chi connectivity index (χ4n) is 3.00. The molecule has 2 atom stereocenters. The molecule has 0 heterocycles. The quantitative estimate of drug-likeness (QED) is 0.561. The first-order valence-electron chi connectivity index (χ1n) is 7.57. The second-order valence-corrected chi connectivity index (χ2v) is 6.39. The highest BCUT2D eigenvalue weighted by molar-refractivity contribution is 6.35. The maximum absolute atomic E-state index is 6.30. The van der Waals surface area contributed by atoms with Crippen LogP contribution in [0, 0.1) is 0 Å². The molecule has 1 aromatic rings. The first-order chi connectivity index (χ1) is 9.92. The van der Waals surface area contributed by atoms with Crippen molar-refractivity contribution in [2.24, 2.45) is 5.84 Å². The number of hydrogen-bond acceptors (Lipinski definition) is 3. The Morgan fingerprint density at radius 3 is 2.29 bits per heavy atom. The van der Waals surface area contributed by atoms with Gasteiger partial charge >= 0.3 is 0 Å². The van der Waals surface area contributed by atoms with Crippen LogP contribution in [0.1, 0.15) is 39.7 Å². The van der Waals surface area contributed by atoms with Crippen molar-refractivity contribution in [2.45, 2.75) is 52.1 Å². The first kappa shape index (κ1) is 18.7. The van der Waals surface area contributed by atoms with Crippen LogP contribution in [0.2, 0.25) is 10.0 Å². The van der Waals surface area contributed by atoms with Gasteiger partial charge in [-0.2, -0.15) is 0 Å². The van der Waals surface area contributed by atoms with E-state index in [0.29, 0.717) is 10.0 Å². The molecule has 0 aliphatic carbocycles. The summed E-state index contributed by atoms with van der Waals surface area (Å²) in [6.45, 7) is 10.8. The summed E-state index contributed by atoms with van der Waals surface area (Å²) < 4.78 is 0. The lowest BCUT2D eigenvalue weighted by molar-refractivity contribution is 0.0701. The Bertz CT molecular complexity index is 449. The van der Waals surface area contributed by atoms with E-state index in [1.165, 1.54) is 0 Å². The molecule has 0 radical (unpaired) electrons. The third-order valence-electron chi connectivity index (χ3n) is 4.59. The van der Waals surface area contributed by atoms with Gasteiger partial charge in [-0.05, 0) is 50.6 Å². The molecule has 2 unspecified atom stereocenters. The standard InChI is InChI=1S/C16H27Cl2N3/c1-5-16(4,21(6-2)7-3)15(20-19)10-12-8-9-13(17)11-14(12)18/h8-9,11,15,20H,5-7,10,19H2,1-4H3. The smallest absolute Gasteiger partial charge is 0.0453 e. The molecule has 1 rings (SSSR count). The SMILES string of the molecule is CCN(CC)C(C)(CC)C(Cc1ccc(Cl)cc1Cl)NN. The predicted octanol–water partition coefficient (Wildman–Crippen LogP) is 3.88. The molecule has 0 aromatic heterocycles. The minimum absolute atomic E-state index is 0.0266.